The molecule has 0 saturated carbocycles. The van der Waals surface area contributed by atoms with Crippen LogP contribution in [0.4, 0.5) is 4.39 Å². The normalized spacial score (nSPS) is 12.7. The van der Waals surface area contributed by atoms with Crippen molar-refractivity contribution >= 4 is 33.0 Å². The molecule has 0 aliphatic carbocycles. The van der Waals surface area contributed by atoms with Gasteiger partial charge in [0.25, 0.3) is 0 Å². The van der Waals surface area contributed by atoms with Crippen molar-refractivity contribution in [3.05, 3.63) is 84.6 Å². The van der Waals surface area contributed by atoms with Crippen molar-refractivity contribution in [1.29, 1.82) is 0 Å². The number of H-pyrrole nitrogens is 1. The van der Waals surface area contributed by atoms with Crippen LogP contribution < -0.4 is 0 Å². The lowest BCUT2D eigenvalue weighted by molar-refractivity contribution is 0.553. The smallest absolute Gasteiger partial charge is 0.137 e. The third kappa shape index (κ3) is 2.85. The Bertz CT molecular complexity index is 1580. The maximum absolute atomic E-state index is 13.8. The molecule has 0 aliphatic rings. The van der Waals surface area contributed by atoms with Crippen LogP contribution in [0.1, 0.15) is 18.5 Å². The van der Waals surface area contributed by atoms with E-state index in [1.165, 1.54) is 12.1 Å². The summed E-state index contributed by atoms with van der Waals surface area (Å²) in [6.45, 7) is 1.99. The number of hydrogen-bond acceptors (Lipinski definition) is 4. The molecule has 4 heterocycles. The molecule has 6 rings (SSSR count). The topological polar surface area (TPSA) is 72.3 Å². The highest BCUT2D eigenvalue weighted by atomic mass is 19.1. The number of aromatic nitrogens is 6. The van der Waals surface area contributed by atoms with E-state index in [0.29, 0.717) is 5.52 Å². The van der Waals surface area contributed by atoms with E-state index in [2.05, 4.69) is 37.4 Å². The number of nitrogens with zero attached hydrogens (tertiary/aromatic N) is 5. The zero-order valence-corrected chi connectivity index (χ0v) is 16.6. The van der Waals surface area contributed by atoms with Gasteiger partial charge in [-0.05, 0) is 54.4 Å². The van der Waals surface area contributed by atoms with Gasteiger partial charge in [-0.2, -0.15) is 0 Å². The van der Waals surface area contributed by atoms with E-state index in [4.69, 9.17) is 0 Å². The highest BCUT2D eigenvalue weighted by molar-refractivity contribution is 6.03. The number of pyridine rings is 2. The van der Waals surface area contributed by atoms with E-state index in [0.717, 1.165) is 44.1 Å². The second kappa shape index (κ2) is 6.70. The van der Waals surface area contributed by atoms with Gasteiger partial charge < -0.3 is 4.98 Å². The monoisotopic (exact) mass is 408 g/mol. The number of fused-ring (bicyclic) bond motifs is 4. The van der Waals surface area contributed by atoms with E-state index >= 15 is 0 Å². The molecule has 0 aliphatic heterocycles. The van der Waals surface area contributed by atoms with Crippen LogP contribution in [0.2, 0.25) is 0 Å². The number of aromatic amines is 1. The Balaban J connectivity index is 1.56. The SMILES string of the molecule is C[C@H](c1cccc(F)c1)n1nnc2cnc3ccc(-c4cnc5[nH]ccc5c4)cc3c21. The summed E-state index contributed by atoms with van der Waals surface area (Å²) in [7, 11) is 0. The molecular formula is C24H17FN6. The molecule has 6 aromatic rings. The van der Waals surface area contributed by atoms with Gasteiger partial charge in [0.1, 0.15) is 22.5 Å². The average Bonchev–Trinajstić information content (AvgIpc) is 3.44. The van der Waals surface area contributed by atoms with Crippen molar-refractivity contribution in [1.82, 2.24) is 29.9 Å². The second-order valence-corrected chi connectivity index (χ2v) is 7.63. The Labute approximate surface area is 176 Å². The van der Waals surface area contributed by atoms with Crippen molar-refractivity contribution in [3.8, 4) is 11.1 Å². The predicted molar refractivity (Wildman–Crippen MR) is 118 cm³/mol. The van der Waals surface area contributed by atoms with Crippen LogP contribution >= 0.6 is 0 Å². The van der Waals surface area contributed by atoms with Gasteiger partial charge in [0.15, 0.2) is 0 Å². The van der Waals surface area contributed by atoms with Gasteiger partial charge >= 0.3 is 0 Å². The van der Waals surface area contributed by atoms with E-state index < -0.39 is 0 Å². The first-order chi connectivity index (χ1) is 15.2. The van der Waals surface area contributed by atoms with Crippen molar-refractivity contribution in [2.75, 3.05) is 0 Å². The highest BCUT2D eigenvalue weighted by Crippen LogP contribution is 2.31. The fraction of sp³-hybridized carbons (Fsp3) is 0.0833. The maximum atomic E-state index is 13.8. The summed E-state index contributed by atoms with van der Waals surface area (Å²) in [5.74, 6) is -0.268. The molecule has 0 saturated heterocycles. The van der Waals surface area contributed by atoms with Gasteiger partial charge in [0.05, 0.1) is 17.8 Å². The number of rotatable bonds is 3. The van der Waals surface area contributed by atoms with Crippen LogP contribution in [0.5, 0.6) is 0 Å². The summed E-state index contributed by atoms with van der Waals surface area (Å²) in [5, 5.41) is 10.7. The fourth-order valence-corrected chi connectivity index (χ4v) is 4.08. The van der Waals surface area contributed by atoms with Gasteiger partial charge in [-0.1, -0.05) is 23.4 Å². The molecule has 0 spiro atoms. The Morgan fingerprint density at radius 2 is 1.87 bits per heavy atom. The molecule has 0 fully saturated rings. The van der Waals surface area contributed by atoms with Crippen LogP contribution in [-0.4, -0.2) is 29.9 Å². The summed E-state index contributed by atoms with van der Waals surface area (Å²) >= 11 is 0. The quantitative estimate of drug-likeness (QED) is 0.433. The Morgan fingerprint density at radius 3 is 2.77 bits per heavy atom. The number of benzene rings is 2. The molecule has 31 heavy (non-hydrogen) atoms. The van der Waals surface area contributed by atoms with Crippen LogP contribution in [0.25, 0.3) is 44.1 Å². The standard InChI is InChI=1S/C24H17FN6/c1-14(15-3-2-4-19(25)10-15)31-23-20-11-16(5-6-21(20)27-13-22(23)29-30-31)18-9-17-7-8-26-24(17)28-12-18/h2-14H,1H3,(H,26,28)/t14-/m1/s1. The Hall–Kier alpha value is -4.13. The molecule has 0 unspecified atom stereocenters. The van der Waals surface area contributed by atoms with Gasteiger partial charge in [-0.15, -0.1) is 5.10 Å². The largest absolute Gasteiger partial charge is 0.346 e. The van der Waals surface area contributed by atoms with Gasteiger partial charge in [0, 0.05) is 28.7 Å². The van der Waals surface area contributed by atoms with Crippen molar-refractivity contribution < 1.29 is 4.39 Å². The maximum Gasteiger partial charge on any atom is 0.137 e. The van der Waals surface area contributed by atoms with Crippen LogP contribution in [-0.2, 0) is 0 Å². The Morgan fingerprint density at radius 1 is 0.935 bits per heavy atom. The molecule has 6 nitrogen and oxygen atoms in total. The number of nitrogens with one attached hydrogen (secondary N) is 1. The molecule has 0 bridgehead atoms. The minimum absolute atomic E-state index is 0.187. The third-order valence-corrected chi connectivity index (χ3v) is 5.73. The molecule has 0 radical (unpaired) electrons. The number of hydrogen-bond donors (Lipinski definition) is 1. The van der Waals surface area contributed by atoms with Crippen LogP contribution in [0.15, 0.2) is 73.2 Å². The van der Waals surface area contributed by atoms with E-state index in [9.17, 15) is 4.39 Å². The molecule has 1 atom stereocenters. The summed E-state index contributed by atoms with van der Waals surface area (Å²) in [5.41, 5.74) is 6.16. The van der Waals surface area contributed by atoms with Crippen molar-refractivity contribution in [3.63, 3.8) is 0 Å². The first-order valence-electron chi connectivity index (χ1n) is 10.00. The van der Waals surface area contributed by atoms with Gasteiger partial charge in [-0.3, -0.25) is 4.98 Å². The number of halogens is 1. The van der Waals surface area contributed by atoms with Crippen LogP contribution in [0, 0.1) is 5.82 Å². The molecule has 150 valence electrons. The Kier molecular flexibility index (Phi) is 3.83. The minimum atomic E-state index is -0.268. The predicted octanol–water partition coefficient (Wildman–Crippen LogP) is 5.27. The zero-order chi connectivity index (χ0) is 20.9. The fourth-order valence-electron chi connectivity index (χ4n) is 4.08. The van der Waals surface area contributed by atoms with Gasteiger partial charge in [0.2, 0.25) is 0 Å². The molecule has 2 aromatic carbocycles. The third-order valence-electron chi connectivity index (χ3n) is 5.73. The van der Waals surface area contributed by atoms with E-state index in [-0.39, 0.29) is 11.9 Å². The molecule has 7 heteroatoms. The first kappa shape index (κ1) is 17.7. The lowest BCUT2D eigenvalue weighted by atomic mass is 10.0. The summed E-state index contributed by atoms with van der Waals surface area (Å²) in [6.07, 6.45) is 5.47. The molecule has 4 aromatic heterocycles. The average molecular weight is 408 g/mol. The lowest BCUT2D eigenvalue weighted by Crippen LogP contribution is -2.09. The van der Waals surface area contributed by atoms with Crippen molar-refractivity contribution in [2.24, 2.45) is 0 Å². The summed E-state index contributed by atoms with van der Waals surface area (Å²) in [6, 6.07) is 16.6. The first-order valence-corrected chi connectivity index (χ1v) is 10.00. The molecule has 0 amide bonds. The van der Waals surface area contributed by atoms with Crippen molar-refractivity contribution in [2.45, 2.75) is 13.0 Å². The second-order valence-electron chi connectivity index (χ2n) is 7.63. The zero-order valence-electron chi connectivity index (χ0n) is 16.6. The van der Waals surface area contributed by atoms with Gasteiger partial charge in [-0.25, -0.2) is 14.1 Å². The molecular weight excluding hydrogens is 391 g/mol. The van der Waals surface area contributed by atoms with E-state index in [1.807, 2.05) is 48.3 Å². The summed E-state index contributed by atoms with van der Waals surface area (Å²) in [4.78, 5) is 12.2. The lowest BCUT2D eigenvalue weighted by Gasteiger charge is -2.14. The molecule has 1 N–H and O–H groups in total. The highest BCUT2D eigenvalue weighted by Gasteiger charge is 2.17. The minimum Gasteiger partial charge on any atom is -0.346 e. The summed E-state index contributed by atoms with van der Waals surface area (Å²) < 4.78 is 15.6. The van der Waals surface area contributed by atoms with E-state index in [1.54, 1.807) is 12.3 Å². The van der Waals surface area contributed by atoms with Crippen LogP contribution in [0.3, 0.4) is 0 Å².